The van der Waals surface area contributed by atoms with Crippen molar-refractivity contribution in [3.8, 4) is 0 Å². The quantitative estimate of drug-likeness (QED) is 0.774. The summed E-state index contributed by atoms with van der Waals surface area (Å²) in [6.45, 7) is 5.45. The molecule has 0 saturated carbocycles. The molecular weight excluding hydrogens is 184 g/mol. The van der Waals surface area contributed by atoms with Crippen molar-refractivity contribution in [3.63, 3.8) is 0 Å². The Morgan fingerprint density at radius 3 is 3.00 bits per heavy atom. The van der Waals surface area contributed by atoms with Crippen LogP contribution in [0, 0.1) is 0 Å². The zero-order valence-electron chi connectivity index (χ0n) is 7.73. The van der Waals surface area contributed by atoms with E-state index in [0.29, 0.717) is 6.04 Å². The highest BCUT2D eigenvalue weighted by atomic mass is 32.1. The van der Waals surface area contributed by atoms with Gasteiger partial charge in [-0.1, -0.05) is 6.92 Å². The van der Waals surface area contributed by atoms with Gasteiger partial charge >= 0.3 is 0 Å². The van der Waals surface area contributed by atoms with E-state index in [2.05, 4.69) is 26.5 Å². The van der Waals surface area contributed by atoms with Crippen molar-refractivity contribution in [2.75, 3.05) is 24.5 Å². The molecule has 0 spiro atoms. The van der Waals surface area contributed by atoms with Crippen LogP contribution in [0.3, 0.4) is 0 Å². The van der Waals surface area contributed by atoms with E-state index in [0.717, 1.165) is 31.2 Å². The van der Waals surface area contributed by atoms with Gasteiger partial charge < -0.3 is 10.2 Å². The Labute approximate surface area is 82.1 Å². The summed E-state index contributed by atoms with van der Waals surface area (Å²) < 4.78 is 4.03. The zero-order chi connectivity index (χ0) is 9.10. The van der Waals surface area contributed by atoms with Crippen LogP contribution in [-0.4, -0.2) is 35.0 Å². The zero-order valence-corrected chi connectivity index (χ0v) is 8.55. The minimum Gasteiger partial charge on any atom is -0.341 e. The monoisotopic (exact) mass is 198 g/mol. The van der Waals surface area contributed by atoms with Crippen LogP contribution in [0.1, 0.15) is 13.3 Å². The van der Waals surface area contributed by atoms with Crippen molar-refractivity contribution in [2.45, 2.75) is 19.4 Å². The summed E-state index contributed by atoms with van der Waals surface area (Å²) in [6.07, 6.45) is 2.80. The molecule has 1 fully saturated rings. The van der Waals surface area contributed by atoms with Crippen LogP contribution in [0.2, 0.25) is 0 Å². The lowest BCUT2D eigenvalue weighted by molar-refractivity contribution is 0.412. The molecule has 0 unspecified atom stereocenters. The van der Waals surface area contributed by atoms with E-state index in [1.807, 2.05) is 0 Å². The highest BCUT2D eigenvalue weighted by molar-refractivity contribution is 7.09. The number of rotatable bonds is 4. The Bertz CT molecular complexity index is 245. The fourth-order valence-electron chi connectivity index (χ4n) is 1.46. The predicted molar refractivity (Wildman–Crippen MR) is 54.2 cm³/mol. The van der Waals surface area contributed by atoms with E-state index in [-0.39, 0.29) is 0 Å². The molecule has 2 rings (SSSR count). The molecule has 0 atom stereocenters. The first-order valence-corrected chi connectivity index (χ1v) is 5.43. The number of hydrogen-bond donors (Lipinski definition) is 1. The third-order valence-electron chi connectivity index (χ3n) is 2.26. The molecule has 2 heterocycles. The third kappa shape index (κ3) is 1.81. The summed E-state index contributed by atoms with van der Waals surface area (Å²) in [5.41, 5.74) is 0. The van der Waals surface area contributed by atoms with Gasteiger partial charge in [0, 0.05) is 31.2 Å². The molecule has 1 aliphatic heterocycles. The normalized spacial score (nSPS) is 17.0. The molecule has 13 heavy (non-hydrogen) atoms. The van der Waals surface area contributed by atoms with Crippen LogP contribution >= 0.6 is 11.5 Å². The maximum Gasteiger partial charge on any atom is 0.205 e. The van der Waals surface area contributed by atoms with Gasteiger partial charge in [-0.25, -0.2) is 4.98 Å². The molecule has 0 bridgehead atoms. The van der Waals surface area contributed by atoms with Crippen LogP contribution < -0.4 is 10.2 Å². The van der Waals surface area contributed by atoms with Crippen molar-refractivity contribution >= 4 is 16.7 Å². The van der Waals surface area contributed by atoms with Gasteiger partial charge in [0.15, 0.2) is 0 Å². The summed E-state index contributed by atoms with van der Waals surface area (Å²) in [6, 6.07) is 0.632. The first-order chi connectivity index (χ1) is 6.42. The maximum absolute atomic E-state index is 4.24. The molecule has 72 valence electrons. The minimum atomic E-state index is 0.632. The Morgan fingerprint density at radius 2 is 2.54 bits per heavy atom. The minimum absolute atomic E-state index is 0.632. The second-order valence-electron chi connectivity index (χ2n) is 3.23. The largest absolute Gasteiger partial charge is 0.341 e. The van der Waals surface area contributed by atoms with Crippen LogP contribution in [0.15, 0.2) is 6.33 Å². The molecule has 1 aromatic rings. The first kappa shape index (κ1) is 8.90. The summed E-state index contributed by atoms with van der Waals surface area (Å²) in [5, 5.41) is 4.34. The Balaban J connectivity index is 2.04. The summed E-state index contributed by atoms with van der Waals surface area (Å²) >= 11 is 1.49. The first-order valence-electron chi connectivity index (χ1n) is 4.66. The third-order valence-corrected chi connectivity index (χ3v) is 2.96. The van der Waals surface area contributed by atoms with E-state index in [4.69, 9.17) is 0 Å². The summed E-state index contributed by atoms with van der Waals surface area (Å²) in [4.78, 5) is 6.60. The molecule has 1 aromatic heterocycles. The van der Waals surface area contributed by atoms with Crippen molar-refractivity contribution < 1.29 is 0 Å². The molecule has 4 nitrogen and oxygen atoms in total. The van der Waals surface area contributed by atoms with E-state index in [9.17, 15) is 0 Å². The van der Waals surface area contributed by atoms with Gasteiger partial charge in [-0.3, -0.25) is 0 Å². The van der Waals surface area contributed by atoms with Crippen LogP contribution in [0.4, 0.5) is 5.13 Å². The van der Waals surface area contributed by atoms with Crippen LogP contribution in [0.5, 0.6) is 0 Å². The van der Waals surface area contributed by atoms with Gasteiger partial charge in [-0.2, -0.15) is 4.37 Å². The molecule has 0 aliphatic carbocycles. The van der Waals surface area contributed by atoms with Gasteiger partial charge in [-0.15, -0.1) is 0 Å². The number of nitrogens with one attached hydrogen (secondary N) is 1. The fraction of sp³-hybridized carbons (Fsp3) is 0.750. The van der Waals surface area contributed by atoms with Crippen molar-refractivity contribution in [3.05, 3.63) is 6.33 Å². The number of nitrogens with zero attached hydrogens (tertiary/aromatic N) is 3. The lowest BCUT2D eigenvalue weighted by Crippen LogP contribution is -2.57. The Kier molecular flexibility index (Phi) is 2.75. The standard InChI is InChI=1S/C8H14N4S/c1-2-3-12(7-4-9-5-7)8-10-6-11-13-8/h6-7,9H,2-5H2,1H3. The molecule has 1 N–H and O–H groups in total. The van der Waals surface area contributed by atoms with Gasteiger partial charge in [0.2, 0.25) is 5.13 Å². The van der Waals surface area contributed by atoms with E-state index < -0.39 is 0 Å². The molecule has 1 aliphatic rings. The summed E-state index contributed by atoms with van der Waals surface area (Å²) in [7, 11) is 0. The van der Waals surface area contributed by atoms with Gasteiger partial charge in [-0.05, 0) is 6.42 Å². The molecule has 1 saturated heterocycles. The molecule has 5 heteroatoms. The van der Waals surface area contributed by atoms with E-state index in [1.54, 1.807) is 6.33 Å². The van der Waals surface area contributed by atoms with Crippen molar-refractivity contribution in [1.29, 1.82) is 0 Å². The van der Waals surface area contributed by atoms with E-state index >= 15 is 0 Å². The number of hydrogen-bond acceptors (Lipinski definition) is 5. The lowest BCUT2D eigenvalue weighted by Gasteiger charge is -2.37. The van der Waals surface area contributed by atoms with Crippen LogP contribution in [-0.2, 0) is 0 Å². The van der Waals surface area contributed by atoms with Crippen molar-refractivity contribution in [1.82, 2.24) is 14.7 Å². The Hall–Kier alpha value is -0.680. The smallest absolute Gasteiger partial charge is 0.205 e. The second-order valence-corrected chi connectivity index (χ2v) is 3.99. The highest BCUT2D eigenvalue weighted by Crippen LogP contribution is 2.19. The second kappa shape index (κ2) is 4.02. The maximum atomic E-state index is 4.24. The highest BCUT2D eigenvalue weighted by Gasteiger charge is 2.25. The van der Waals surface area contributed by atoms with Crippen molar-refractivity contribution in [2.24, 2.45) is 0 Å². The fourth-order valence-corrected chi connectivity index (χ4v) is 2.09. The predicted octanol–water partition coefficient (Wildman–Crippen LogP) is 0.726. The molecule has 0 radical (unpaired) electrons. The van der Waals surface area contributed by atoms with E-state index in [1.165, 1.54) is 11.5 Å². The SMILES string of the molecule is CCCN(c1ncns1)C1CNC1. The lowest BCUT2D eigenvalue weighted by atomic mass is 10.1. The average Bonchev–Trinajstić information content (AvgIpc) is 2.51. The summed E-state index contributed by atoms with van der Waals surface area (Å²) in [5.74, 6) is 0. The van der Waals surface area contributed by atoms with Gasteiger partial charge in [0.05, 0.1) is 6.04 Å². The average molecular weight is 198 g/mol. The number of anilines is 1. The topological polar surface area (TPSA) is 41.1 Å². The Morgan fingerprint density at radius 1 is 1.69 bits per heavy atom. The van der Waals surface area contributed by atoms with Gasteiger partial charge in [0.1, 0.15) is 6.33 Å². The molecule has 0 aromatic carbocycles. The van der Waals surface area contributed by atoms with Crippen LogP contribution in [0.25, 0.3) is 0 Å². The molecule has 0 amide bonds. The van der Waals surface area contributed by atoms with Gasteiger partial charge in [0.25, 0.3) is 0 Å². The molecular formula is C8H14N4S. The number of aromatic nitrogens is 2.